The lowest BCUT2D eigenvalue weighted by Crippen LogP contribution is -2.23. The van der Waals surface area contributed by atoms with E-state index in [9.17, 15) is 13.6 Å². The maximum Gasteiger partial charge on any atom is 0.396 e. The van der Waals surface area contributed by atoms with Gasteiger partial charge < -0.3 is 4.74 Å². The molecule has 0 radical (unpaired) electrons. The van der Waals surface area contributed by atoms with Crippen molar-refractivity contribution in [1.29, 1.82) is 0 Å². The molecule has 5 heteroatoms. The molecule has 70 valence electrons. The first-order valence-electron chi connectivity index (χ1n) is 3.21. The molecule has 12 heavy (non-hydrogen) atoms. The fraction of sp³-hybridized carbons (Fsp3) is 0.571. The van der Waals surface area contributed by atoms with E-state index in [2.05, 4.69) is 4.74 Å². The topological polar surface area (TPSA) is 26.3 Å². The first-order valence-corrected chi connectivity index (χ1v) is 4.00. The van der Waals surface area contributed by atoms with Crippen molar-refractivity contribution < 1.29 is 18.3 Å². The van der Waals surface area contributed by atoms with Crippen molar-refractivity contribution in [3.8, 4) is 0 Å². The number of hydrogen-bond donors (Lipinski definition) is 0. The second kappa shape index (κ2) is 4.54. The van der Waals surface area contributed by atoms with Gasteiger partial charge in [0.1, 0.15) is 6.61 Å². The summed E-state index contributed by atoms with van der Waals surface area (Å²) in [5.74, 6) is -1.57. The highest BCUT2D eigenvalue weighted by Gasteiger charge is 2.36. The molecule has 0 fully saturated rings. The van der Waals surface area contributed by atoms with Gasteiger partial charge in [-0.05, 0) is 19.9 Å². The van der Waals surface area contributed by atoms with Crippen LogP contribution < -0.4 is 0 Å². The second-order valence-electron chi connectivity index (χ2n) is 2.38. The number of allylic oxidation sites excluding steroid dienone is 1. The van der Waals surface area contributed by atoms with Crippen LogP contribution in [0.25, 0.3) is 0 Å². The van der Waals surface area contributed by atoms with E-state index < -0.39 is 10.8 Å². The lowest BCUT2D eigenvalue weighted by atomic mass is 10.3. The van der Waals surface area contributed by atoms with Gasteiger partial charge in [-0.25, -0.2) is 4.79 Å². The lowest BCUT2D eigenvalue weighted by molar-refractivity contribution is -0.157. The van der Waals surface area contributed by atoms with Gasteiger partial charge in [0.25, 0.3) is 0 Å². The van der Waals surface area contributed by atoms with Crippen molar-refractivity contribution in [2.75, 3.05) is 6.61 Å². The Morgan fingerprint density at radius 3 is 2.42 bits per heavy atom. The third kappa shape index (κ3) is 5.23. The Bertz CT molecular complexity index is 192. The van der Waals surface area contributed by atoms with E-state index in [1.54, 1.807) is 13.8 Å². The largest absolute Gasteiger partial charge is 0.456 e. The smallest absolute Gasteiger partial charge is 0.396 e. The maximum atomic E-state index is 12.1. The molecule has 0 aromatic carbocycles. The molecular formula is C7H9BrF2O2. The minimum absolute atomic E-state index is 0.123. The van der Waals surface area contributed by atoms with Gasteiger partial charge in [0, 0.05) is 15.9 Å². The van der Waals surface area contributed by atoms with Crippen LogP contribution in [-0.4, -0.2) is 17.4 Å². The van der Waals surface area contributed by atoms with Crippen molar-refractivity contribution in [3.05, 3.63) is 11.6 Å². The zero-order valence-corrected chi connectivity index (χ0v) is 8.32. The highest BCUT2D eigenvalue weighted by atomic mass is 79.9. The van der Waals surface area contributed by atoms with E-state index >= 15 is 0 Å². The Hall–Kier alpha value is -0.450. The zero-order valence-electron chi connectivity index (χ0n) is 6.73. The van der Waals surface area contributed by atoms with Crippen LogP contribution in [0, 0.1) is 0 Å². The fourth-order valence-corrected chi connectivity index (χ4v) is 0.480. The summed E-state index contributed by atoms with van der Waals surface area (Å²) in [6.45, 7) is 3.43. The Balaban J connectivity index is 3.82. The Morgan fingerprint density at radius 1 is 1.58 bits per heavy atom. The van der Waals surface area contributed by atoms with E-state index in [1.165, 1.54) is 6.08 Å². The van der Waals surface area contributed by atoms with E-state index in [0.717, 1.165) is 5.57 Å². The quantitative estimate of drug-likeness (QED) is 0.432. The number of rotatable bonds is 3. The van der Waals surface area contributed by atoms with Gasteiger partial charge in [0.05, 0.1) is 0 Å². The van der Waals surface area contributed by atoms with Gasteiger partial charge >= 0.3 is 10.8 Å². The summed E-state index contributed by atoms with van der Waals surface area (Å²) in [7, 11) is 0. The number of carbonyl (C=O) groups is 1. The standard InChI is InChI=1S/C7H9BrF2O2/c1-5(2)3-4-12-6(11)7(8,9)10/h3H,4H2,1-2H3. The van der Waals surface area contributed by atoms with Crippen molar-refractivity contribution in [2.45, 2.75) is 18.7 Å². The Morgan fingerprint density at radius 2 is 2.08 bits per heavy atom. The molecule has 2 nitrogen and oxygen atoms in total. The third-order valence-corrected chi connectivity index (χ3v) is 1.26. The van der Waals surface area contributed by atoms with Crippen LogP contribution in [-0.2, 0) is 9.53 Å². The van der Waals surface area contributed by atoms with Gasteiger partial charge in [-0.3, -0.25) is 0 Å². The molecule has 0 rings (SSSR count). The van der Waals surface area contributed by atoms with Crippen LogP contribution in [0.3, 0.4) is 0 Å². The van der Waals surface area contributed by atoms with Crippen LogP contribution in [0.1, 0.15) is 13.8 Å². The lowest BCUT2D eigenvalue weighted by Gasteiger charge is -2.06. The average Bonchev–Trinajstić information content (AvgIpc) is 1.84. The zero-order chi connectivity index (χ0) is 9.78. The summed E-state index contributed by atoms with van der Waals surface area (Å²) < 4.78 is 28.3. The molecule has 0 aliphatic carbocycles. The minimum atomic E-state index is -3.58. The first kappa shape index (κ1) is 11.6. The van der Waals surface area contributed by atoms with Crippen molar-refractivity contribution in [2.24, 2.45) is 0 Å². The van der Waals surface area contributed by atoms with Gasteiger partial charge in [-0.15, -0.1) is 0 Å². The highest BCUT2D eigenvalue weighted by Crippen LogP contribution is 2.22. The molecule has 0 saturated carbocycles. The number of alkyl halides is 3. The predicted octanol–water partition coefficient (Wildman–Crippen LogP) is 2.48. The van der Waals surface area contributed by atoms with E-state index in [0.29, 0.717) is 0 Å². The first-order chi connectivity index (χ1) is 5.34. The third-order valence-electron chi connectivity index (χ3n) is 0.937. The van der Waals surface area contributed by atoms with E-state index in [-0.39, 0.29) is 6.61 Å². The monoisotopic (exact) mass is 242 g/mol. The summed E-state index contributed by atoms with van der Waals surface area (Å²) in [4.78, 5) is 6.82. The van der Waals surface area contributed by atoms with Crippen LogP contribution in [0.5, 0.6) is 0 Å². The number of esters is 1. The summed E-state index contributed by atoms with van der Waals surface area (Å²) in [6.07, 6.45) is 1.54. The van der Waals surface area contributed by atoms with Gasteiger partial charge in [-0.1, -0.05) is 5.57 Å². The minimum Gasteiger partial charge on any atom is -0.456 e. The van der Waals surface area contributed by atoms with Crippen LogP contribution in [0.4, 0.5) is 8.78 Å². The Labute approximate surface area is 77.7 Å². The molecule has 0 heterocycles. The molecule has 0 N–H and O–H groups in total. The fourth-order valence-electron chi connectivity index (χ4n) is 0.366. The normalized spacial score (nSPS) is 10.8. The van der Waals surface area contributed by atoms with E-state index in [1.807, 2.05) is 15.9 Å². The van der Waals surface area contributed by atoms with Crippen LogP contribution in [0.15, 0.2) is 11.6 Å². The van der Waals surface area contributed by atoms with Gasteiger partial charge in [-0.2, -0.15) is 8.78 Å². The number of carbonyl (C=O) groups excluding carboxylic acids is 1. The molecule has 0 saturated heterocycles. The summed E-state index contributed by atoms with van der Waals surface area (Å²) >= 11 is 1.88. The molecule has 0 aromatic heterocycles. The summed E-state index contributed by atoms with van der Waals surface area (Å²) in [5.41, 5.74) is 0.903. The molecule has 0 aliphatic heterocycles. The molecule has 0 unspecified atom stereocenters. The molecule has 0 atom stereocenters. The SMILES string of the molecule is CC(C)=CCOC(=O)C(F)(F)Br. The van der Waals surface area contributed by atoms with Gasteiger partial charge in [0.2, 0.25) is 0 Å². The van der Waals surface area contributed by atoms with Crippen molar-refractivity contribution in [3.63, 3.8) is 0 Å². The Kier molecular flexibility index (Phi) is 4.37. The molecule has 0 aliphatic rings. The van der Waals surface area contributed by atoms with Crippen molar-refractivity contribution in [1.82, 2.24) is 0 Å². The number of halogens is 3. The molecule has 0 amide bonds. The molecular weight excluding hydrogens is 234 g/mol. The number of hydrogen-bond acceptors (Lipinski definition) is 2. The molecule has 0 aromatic rings. The maximum absolute atomic E-state index is 12.1. The van der Waals surface area contributed by atoms with Crippen LogP contribution >= 0.6 is 15.9 Å². The predicted molar refractivity (Wildman–Crippen MR) is 44.3 cm³/mol. The van der Waals surface area contributed by atoms with Crippen LogP contribution in [0.2, 0.25) is 0 Å². The van der Waals surface area contributed by atoms with E-state index in [4.69, 9.17) is 0 Å². The average molecular weight is 243 g/mol. The summed E-state index contributed by atoms with van der Waals surface area (Å²) in [5, 5.41) is 0. The van der Waals surface area contributed by atoms with Crippen molar-refractivity contribution >= 4 is 21.9 Å². The second-order valence-corrected chi connectivity index (χ2v) is 3.37. The number of ether oxygens (including phenoxy) is 1. The molecule has 0 spiro atoms. The summed E-state index contributed by atoms with van der Waals surface area (Å²) in [6, 6.07) is 0. The highest BCUT2D eigenvalue weighted by molar-refractivity contribution is 9.10. The molecule has 0 bridgehead atoms. The van der Waals surface area contributed by atoms with Gasteiger partial charge in [0.15, 0.2) is 0 Å².